The van der Waals surface area contributed by atoms with Crippen molar-refractivity contribution < 1.29 is 13.2 Å². The molecule has 1 aliphatic carbocycles. The second kappa shape index (κ2) is 7.37. The Labute approximate surface area is 180 Å². The number of halogens is 1. The number of rotatable bonds is 6. The number of nitrogens with one attached hydrogen (secondary N) is 1. The SMILES string of the molecule is CC(C)(C1CC1)n1cc2c(S(N)(=O)=O)cc(NC(=O)Cc3ccccc3Cl)cc2n1. The molecule has 1 heterocycles. The summed E-state index contributed by atoms with van der Waals surface area (Å²) in [6, 6.07) is 10.1. The van der Waals surface area contributed by atoms with Crippen LogP contribution < -0.4 is 10.5 Å². The molecule has 1 fully saturated rings. The molecule has 0 spiro atoms. The molecule has 3 aromatic rings. The van der Waals surface area contributed by atoms with Crippen LogP contribution in [0.25, 0.3) is 10.9 Å². The van der Waals surface area contributed by atoms with Crippen molar-refractivity contribution in [3.8, 4) is 0 Å². The molecule has 0 bridgehead atoms. The summed E-state index contributed by atoms with van der Waals surface area (Å²) in [6.07, 6.45) is 4.03. The number of hydrogen-bond donors (Lipinski definition) is 2. The maximum atomic E-state index is 12.5. The Balaban J connectivity index is 1.70. The largest absolute Gasteiger partial charge is 0.326 e. The maximum Gasteiger partial charge on any atom is 0.238 e. The number of aromatic nitrogens is 2. The third kappa shape index (κ3) is 4.08. The fourth-order valence-electron chi connectivity index (χ4n) is 3.69. The van der Waals surface area contributed by atoms with Crippen molar-refractivity contribution in [3.05, 3.63) is 53.2 Å². The van der Waals surface area contributed by atoms with Gasteiger partial charge in [-0.05, 0) is 56.4 Å². The topological polar surface area (TPSA) is 107 Å². The van der Waals surface area contributed by atoms with Gasteiger partial charge in [-0.25, -0.2) is 13.6 Å². The molecule has 4 rings (SSSR count). The lowest BCUT2D eigenvalue weighted by atomic mass is 9.99. The van der Waals surface area contributed by atoms with E-state index in [9.17, 15) is 13.2 Å². The van der Waals surface area contributed by atoms with Gasteiger partial charge in [0, 0.05) is 22.3 Å². The summed E-state index contributed by atoms with van der Waals surface area (Å²) in [7, 11) is -4.02. The number of sulfonamides is 1. The molecule has 30 heavy (non-hydrogen) atoms. The van der Waals surface area contributed by atoms with Gasteiger partial charge in [-0.1, -0.05) is 29.8 Å². The molecule has 0 unspecified atom stereocenters. The van der Waals surface area contributed by atoms with Gasteiger partial charge in [-0.15, -0.1) is 0 Å². The van der Waals surface area contributed by atoms with Crippen LogP contribution >= 0.6 is 11.6 Å². The van der Waals surface area contributed by atoms with Crippen LogP contribution in [-0.4, -0.2) is 24.1 Å². The highest BCUT2D eigenvalue weighted by atomic mass is 35.5. The van der Waals surface area contributed by atoms with Gasteiger partial charge in [0.05, 0.1) is 22.4 Å². The van der Waals surface area contributed by atoms with E-state index in [-0.39, 0.29) is 22.8 Å². The van der Waals surface area contributed by atoms with Crippen LogP contribution in [0.5, 0.6) is 0 Å². The first kappa shape index (κ1) is 20.8. The summed E-state index contributed by atoms with van der Waals surface area (Å²) in [4.78, 5) is 12.5. The Morgan fingerprint density at radius 3 is 2.63 bits per heavy atom. The third-order valence-corrected chi connectivity index (χ3v) is 6.97. The Bertz CT molecular complexity index is 1250. The predicted octanol–water partition coefficient (Wildman–Crippen LogP) is 3.66. The standard InChI is InChI=1S/C21H23ClN4O3S/c1-21(2,14-7-8-14)26-12-16-18(25-26)10-15(11-19(16)30(23,28)29)24-20(27)9-13-5-3-4-6-17(13)22/h3-6,10-12,14H,7-9H2,1-2H3,(H,24,27)(H2,23,28,29). The van der Waals surface area contributed by atoms with E-state index in [0.29, 0.717) is 33.1 Å². The molecule has 9 heteroatoms. The average Bonchev–Trinajstić information content (AvgIpc) is 3.42. The van der Waals surface area contributed by atoms with E-state index in [1.807, 2.05) is 0 Å². The Morgan fingerprint density at radius 1 is 1.30 bits per heavy atom. The van der Waals surface area contributed by atoms with Gasteiger partial charge in [-0.3, -0.25) is 9.48 Å². The van der Waals surface area contributed by atoms with Crippen molar-refractivity contribution in [1.82, 2.24) is 9.78 Å². The number of fused-ring (bicyclic) bond motifs is 1. The molecule has 2 aromatic carbocycles. The molecule has 0 atom stereocenters. The molecule has 1 aliphatic rings. The van der Waals surface area contributed by atoms with E-state index in [2.05, 4.69) is 24.3 Å². The molecule has 1 aromatic heterocycles. The van der Waals surface area contributed by atoms with Gasteiger partial charge in [0.2, 0.25) is 15.9 Å². The van der Waals surface area contributed by atoms with Crippen molar-refractivity contribution in [2.24, 2.45) is 11.1 Å². The zero-order valence-corrected chi connectivity index (χ0v) is 18.3. The Morgan fingerprint density at radius 2 is 2.00 bits per heavy atom. The second-order valence-electron chi connectivity index (χ2n) is 8.27. The minimum absolute atomic E-state index is 0.0611. The van der Waals surface area contributed by atoms with E-state index >= 15 is 0 Å². The summed E-state index contributed by atoms with van der Waals surface area (Å²) < 4.78 is 26.3. The first-order valence-electron chi connectivity index (χ1n) is 9.65. The minimum atomic E-state index is -4.02. The van der Waals surface area contributed by atoms with Gasteiger partial charge in [0.15, 0.2) is 0 Å². The van der Waals surface area contributed by atoms with Gasteiger partial charge >= 0.3 is 0 Å². The zero-order chi connectivity index (χ0) is 21.7. The molecule has 0 radical (unpaired) electrons. The van der Waals surface area contributed by atoms with E-state index in [0.717, 1.165) is 12.8 Å². The Hall–Kier alpha value is -2.42. The van der Waals surface area contributed by atoms with E-state index in [1.165, 1.54) is 6.07 Å². The lowest BCUT2D eigenvalue weighted by Crippen LogP contribution is -2.29. The number of nitrogens with two attached hydrogens (primary N) is 1. The van der Waals surface area contributed by atoms with Crippen molar-refractivity contribution in [2.45, 2.75) is 43.5 Å². The zero-order valence-electron chi connectivity index (χ0n) is 16.7. The number of benzene rings is 2. The second-order valence-corrected chi connectivity index (χ2v) is 10.2. The minimum Gasteiger partial charge on any atom is -0.326 e. The van der Waals surface area contributed by atoms with Gasteiger partial charge in [-0.2, -0.15) is 5.10 Å². The summed E-state index contributed by atoms with van der Waals surface area (Å²) in [5.41, 5.74) is 1.23. The number of primary sulfonamides is 1. The van der Waals surface area contributed by atoms with E-state index in [1.54, 1.807) is 41.2 Å². The molecule has 158 valence electrons. The van der Waals surface area contributed by atoms with Crippen LogP contribution in [0.3, 0.4) is 0 Å². The lowest BCUT2D eigenvalue weighted by molar-refractivity contribution is -0.115. The van der Waals surface area contributed by atoms with Gasteiger partial charge in [0.25, 0.3) is 0 Å². The van der Waals surface area contributed by atoms with Crippen LogP contribution in [0.15, 0.2) is 47.5 Å². The molecule has 1 saturated carbocycles. The van der Waals surface area contributed by atoms with Crippen LogP contribution in [0.2, 0.25) is 5.02 Å². The maximum absolute atomic E-state index is 12.5. The first-order chi connectivity index (χ1) is 14.1. The molecule has 0 saturated heterocycles. The van der Waals surface area contributed by atoms with Crippen molar-refractivity contribution in [3.63, 3.8) is 0 Å². The van der Waals surface area contributed by atoms with E-state index in [4.69, 9.17) is 16.7 Å². The average molecular weight is 447 g/mol. The number of amides is 1. The fourth-order valence-corrected chi connectivity index (χ4v) is 4.65. The smallest absolute Gasteiger partial charge is 0.238 e. The molecular weight excluding hydrogens is 424 g/mol. The van der Waals surface area contributed by atoms with Crippen molar-refractivity contribution in [2.75, 3.05) is 5.32 Å². The van der Waals surface area contributed by atoms with Crippen molar-refractivity contribution in [1.29, 1.82) is 0 Å². The monoisotopic (exact) mass is 446 g/mol. The Kier molecular flexibility index (Phi) is 5.12. The van der Waals surface area contributed by atoms with Crippen LogP contribution in [0, 0.1) is 5.92 Å². The highest BCUT2D eigenvalue weighted by molar-refractivity contribution is 7.89. The normalized spacial score (nSPS) is 14.8. The van der Waals surface area contributed by atoms with Crippen molar-refractivity contribution >= 4 is 44.1 Å². The number of carbonyl (C=O) groups excluding carboxylic acids is 1. The quantitative estimate of drug-likeness (QED) is 0.602. The summed E-state index contributed by atoms with van der Waals surface area (Å²) in [5.74, 6) is 0.181. The number of carbonyl (C=O) groups is 1. The number of nitrogens with zero attached hydrogens (tertiary/aromatic N) is 2. The molecule has 7 nitrogen and oxygen atoms in total. The van der Waals surface area contributed by atoms with E-state index < -0.39 is 10.0 Å². The molecule has 3 N–H and O–H groups in total. The van der Waals surface area contributed by atoms with Crippen LogP contribution in [0.4, 0.5) is 5.69 Å². The number of anilines is 1. The molecule has 1 amide bonds. The fraction of sp³-hybridized carbons (Fsp3) is 0.333. The molecule has 0 aliphatic heterocycles. The predicted molar refractivity (Wildman–Crippen MR) is 117 cm³/mol. The summed E-state index contributed by atoms with van der Waals surface area (Å²) in [6.45, 7) is 4.17. The first-order valence-corrected chi connectivity index (χ1v) is 11.6. The molecular formula is C21H23ClN4O3S. The van der Waals surface area contributed by atoms with Crippen LogP contribution in [-0.2, 0) is 26.8 Å². The number of hydrogen-bond acceptors (Lipinski definition) is 4. The summed E-state index contributed by atoms with van der Waals surface area (Å²) in [5, 5.41) is 13.7. The van der Waals surface area contributed by atoms with Gasteiger partial charge in [0.1, 0.15) is 0 Å². The highest BCUT2D eigenvalue weighted by Crippen LogP contribution is 2.44. The lowest BCUT2D eigenvalue weighted by Gasteiger charge is -2.24. The van der Waals surface area contributed by atoms with Crippen LogP contribution in [0.1, 0.15) is 32.3 Å². The highest BCUT2D eigenvalue weighted by Gasteiger charge is 2.40. The van der Waals surface area contributed by atoms with Gasteiger partial charge < -0.3 is 5.32 Å². The third-order valence-electron chi connectivity index (χ3n) is 5.65. The summed E-state index contributed by atoms with van der Waals surface area (Å²) >= 11 is 6.12.